The number of nitrogens with one attached hydrogen (secondary N) is 2. The van der Waals surface area contributed by atoms with Crippen molar-refractivity contribution in [2.75, 3.05) is 29.6 Å². The molecule has 6 nitrogen and oxygen atoms in total. The van der Waals surface area contributed by atoms with E-state index in [4.69, 9.17) is 5.73 Å². The van der Waals surface area contributed by atoms with E-state index in [0.29, 0.717) is 11.3 Å². The smallest absolute Gasteiger partial charge is 0.263 e. The van der Waals surface area contributed by atoms with Crippen molar-refractivity contribution in [3.63, 3.8) is 0 Å². The number of rotatable bonds is 2. The van der Waals surface area contributed by atoms with Crippen LogP contribution in [0, 0.1) is 0 Å². The summed E-state index contributed by atoms with van der Waals surface area (Å²) in [4.78, 5) is 19.2. The Balaban J connectivity index is 1.82. The molecule has 0 saturated carbocycles. The highest BCUT2D eigenvalue weighted by Crippen LogP contribution is 2.33. The molecule has 4 N–H and O–H groups in total. The van der Waals surface area contributed by atoms with Crippen LogP contribution < -0.4 is 21.3 Å². The molecule has 0 spiro atoms. The minimum atomic E-state index is -0.0845. The van der Waals surface area contributed by atoms with Crippen molar-refractivity contribution in [3.05, 3.63) is 28.9 Å². The minimum absolute atomic E-state index is 0.0829. The summed E-state index contributed by atoms with van der Waals surface area (Å²) in [6.45, 7) is 0.895. The highest BCUT2D eigenvalue weighted by molar-refractivity contribution is 8.04. The molecule has 106 valence electrons. The summed E-state index contributed by atoms with van der Waals surface area (Å²) in [6.07, 6.45) is 4.08. The van der Waals surface area contributed by atoms with Gasteiger partial charge in [-0.1, -0.05) is 0 Å². The van der Waals surface area contributed by atoms with E-state index in [-0.39, 0.29) is 12.1 Å². The second kappa shape index (κ2) is 5.34. The summed E-state index contributed by atoms with van der Waals surface area (Å²) < 4.78 is 0. The molecule has 0 bridgehead atoms. The molecule has 7 heteroatoms. The molecule has 1 aromatic heterocycles. The second-order valence-electron chi connectivity index (χ2n) is 4.81. The number of thioether (sulfide) groups is 1. The van der Waals surface area contributed by atoms with Gasteiger partial charge in [0.15, 0.2) is 0 Å². The maximum Gasteiger partial charge on any atom is 0.263 e. The Labute approximate surface area is 121 Å². The van der Waals surface area contributed by atoms with Gasteiger partial charge >= 0.3 is 0 Å². The van der Waals surface area contributed by atoms with Crippen LogP contribution in [0.25, 0.3) is 0 Å². The van der Waals surface area contributed by atoms with Crippen LogP contribution in [0.1, 0.15) is 5.56 Å². The highest BCUT2D eigenvalue weighted by atomic mass is 32.2. The van der Waals surface area contributed by atoms with E-state index in [9.17, 15) is 4.79 Å². The Hall–Kier alpha value is -1.73. The van der Waals surface area contributed by atoms with Crippen LogP contribution in [-0.4, -0.2) is 36.4 Å². The van der Waals surface area contributed by atoms with Crippen LogP contribution in [0.15, 0.2) is 23.4 Å². The Morgan fingerprint density at radius 3 is 3.25 bits per heavy atom. The molecular weight excluding hydrogens is 274 g/mol. The van der Waals surface area contributed by atoms with E-state index in [2.05, 4.69) is 15.6 Å². The number of amides is 1. The molecule has 20 heavy (non-hydrogen) atoms. The lowest BCUT2D eigenvalue weighted by atomic mass is 10.1. The largest absolute Gasteiger partial charge is 0.389 e. The Bertz CT molecular complexity index is 574. The third kappa shape index (κ3) is 2.34. The maximum atomic E-state index is 12.2. The lowest BCUT2D eigenvalue weighted by Gasteiger charge is -2.17. The van der Waals surface area contributed by atoms with Crippen LogP contribution in [0.4, 0.5) is 11.5 Å². The third-order valence-electron chi connectivity index (χ3n) is 3.49. The number of aromatic nitrogens is 1. The summed E-state index contributed by atoms with van der Waals surface area (Å²) in [5.74, 6) is 1.67. The number of pyridine rings is 1. The number of hydrogen-bond acceptors (Lipinski definition) is 6. The van der Waals surface area contributed by atoms with E-state index in [0.717, 1.165) is 29.4 Å². The molecule has 3 rings (SSSR count). The number of fused-ring (bicyclic) bond motifs is 1. The van der Waals surface area contributed by atoms with Gasteiger partial charge in [-0.15, -0.1) is 11.8 Å². The number of hydrogen-bond donors (Lipinski definition) is 3. The first-order chi connectivity index (χ1) is 9.66. The first-order valence-corrected chi connectivity index (χ1v) is 7.49. The number of anilines is 2. The predicted molar refractivity (Wildman–Crippen MR) is 81.5 cm³/mol. The zero-order valence-corrected chi connectivity index (χ0v) is 12.0. The van der Waals surface area contributed by atoms with Crippen LogP contribution in [0.2, 0.25) is 0 Å². The normalized spacial score (nSPS) is 21.0. The Morgan fingerprint density at radius 1 is 1.65 bits per heavy atom. The van der Waals surface area contributed by atoms with Gasteiger partial charge in [0.1, 0.15) is 5.82 Å². The maximum absolute atomic E-state index is 12.2. The van der Waals surface area contributed by atoms with Crippen LogP contribution in [-0.2, 0) is 11.2 Å². The first kappa shape index (κ1) is 13.3. The zero-order valence-electron chi connectivity index (χ0n) is 11.2. The Morgan fingerprint density at radius 2 is 2.50 bits per heavy atom. The molecule has 0 fully saturated rings. The molecule has 1 amide bonds. The summed E-state index contributed by atoms with van der Waals surface area (Å²) in [7, 11) is 1.92. The number of carbonyl (C=O) groups is 1. The van der Waals surface area contributed by atoms with Gasteiger partial charge in [-0.25, -0.2) is 4.98 Å². The summed E-state index contributed by atoms with van der Waals surface area (Å²) >= 11 is 1.56. The molecule has 1 aromatic rings. The lowest BCUT2D eigenvalue weighted by Crippen LogP contribution is -2.36. The topological polar surface area (TPSA) is 83.3 Å². The third-order valence-corrected chi connectivity index (χ3v) is 4.51. The van der Waals surface area contributed by atoms with Gasteiger partial charge in [0.05, 0.1) is 11.1 Å². The SMILES string of the molecule is CN1c2nccc(NC(=O)C3=CNCCS3)c2C[C@H]1N. The van der Waals surface area contributed by atoms with Crippen LogP contribution in [0.3, 0.4) is 0 Å². The molecule has 3 heterocycles. The van der Waals surface area contributed by atoms with Gasteiger partial charge in [0.25, 0.3) is 5.91 Å². The van der Waals surface area contributed by atoms with E-state index in [1.807, 2.05) is 18.0 Å². The van der Waals surface area contributed by atoms with Crippen LogP contribution in [0.5, 0.6) is 0 Å². The van der Waals surface area contributed by atoms with E-state index >= 15 is 0 Å². The van der Waals surface area contributed by atoms with Gasteiger partial charge in [0.2, 0.25) is 0 Å². The molecule has 0 unspecified atom stereocenters. The fourth-order valence-corrected chi connectivity index (χ4v) is 3.14. The summed E-state index contributed by atoms with van der Waals surface area (Å²) in [5.41, 5.74) is 7.82. The van der Waals surface area contributed by atoms with Gasteiger partial charge in [-0.3, -0.25) is 4.79 Å². The molecule has 1 atom stereocenters. The molecular formula is C13H17N5OS. The number of nitrogens with zero attached hydrogens (tertiary/aromatic N) is 2. The number of carbonyl (C=O) groups excluding carboxylic acids is 1. The van der Waals surface area contributed by atoms with Crippen LogP contribution >= 0.6 is 11.8 Å². The minimum Gasteiger partial charge on any atom is -0.389 e. The van der Waals surface area contributed by atoms with Crippen molar-refractivity contribution >= 4 is 29.2 Å². The fraction of sp³-hybridized carbons (Fsp3) is 0.385. The number of nitrogens with two attached hydrogens (primary N) is 1. The fourth-order valence-electron chi connectivity index (χ4n) is 2.35. The molecule has 0 saturated heterocycles. The van der Waals surface area contributed by atoms with Gasteiger partial charge in [-0.2, -0.15) is 0 Å². The highest BCUT2D eigenvalue weighted by Gasteiger charge is 2.27. The standard InChI is InChI=1S/C13H17N5OS/c1-18-11(14)6-8-9(2-3-16-12(8)18)17-13(19)10-7-15-4-5-20-10/h2-3,7,11,15H,4-6,14H2,1H3,(H,16,17,19)/t11-/m0/s1. The zero-order chi connectivity index (χ0) is 14.1. The lowest BCUT2D eigenvalue weighted by molar-refractivity contribution is -0.112. The average molecular weight is 291 g/mol. The molecule has 0 aromatic carbocycles. The summed E-state index contributed by atoms with van der Waals surface area (Å²) in [6, 6.07) is 1.82. The van der Waals surface area contributed by atoms with Crippen molar-refractivity contribution in [2.45, 2.75) is 12.6 Å². The van der Waals surface area contributed by atoms with Crippen molar-refractivity contribution in [1.29, 1.82) is 0 Å². The average Bonchev–Trinajstić information content (AvgIpc) is 2.77. The van der Waals surface area contributed by atoms with Gasteiger partial charge in [-0.05, 0) is 6.07 Å². The van der Waals surface area contributed by atoms with Gasteiger partial charge < -0.3 is 21.3 Å². The van der Waals surface area contributed by atoms with Crippen molar-refractivity contribution < 1.29 is 4.79 Å². The van der Waals surface area contributed by atoms with E-state index < -0.39 is 0 Å². The molecule has 2 aliphatic heterocycles. The first-order valence-electron chi connectivity index (χ1n) is 6.51. The molecule has 2 aliphatic rings. The summed E-state index contributed by atoms with van der Waals surface area (Å²) in [5, 5.41) is 6.05. The van der Waals surface area contributed by atoms with Crippen molar-refractivity contribution in [1.82, 2.24) is 10.3 Å². The van der Waals surface area contributed by atoms with Crippen molar-refractivity contribution in [3.8, 4) is 0 Å². The second-order valence-corrected chi connectivity index (χ2v) is 5.95. The molecule has 0 aliphatic carbocycles. The van der Waals surface area contributed by atoms with E-state index in [1.54, 1.807) is 24.2 Å². The molecule has 0 radical (unpaired) electrons. The Kier molecular flexibility index (Phi) is 3.54. The van der Waals surface area contributed by atoms with E-state index in [1.165, 1.54) is 0 Å². The number of likely N-dealkylation sites (N-methyl/N-ethyl adjacent to an activating group) is 1. The van der Waals surface area contributed by atoms with Gasteiger partial charge in [0, 0.05) is 49.4 Å². The predicted octanol–water partition coefficient (Wildman–Crippen LogP) is 0.475. The quantitative estimate of drug-likeness (QED) is 0.735. The van der Waals surface area contributed by atoms with Crippen molar-refractivity contribution in [2.24, 2.45) is 5.73 Å². The monoisotopic (exact) mass is 291 g/mol.